The van der Waals surface area contributed by atoms with E-state index in [4.69, 9.17) is 9.47 Å². The van der Waals surface area contributed by atoms with Crippen LogP contribution < -0.4 is 10.2 Å². The summed E-state index contributed by atoms with van der Waals surface area (Å²) in [6.07, 6.45) is 3.94. The third-order valence-corrected chi connectivity index (χ3v) is 5.65. The molecular formula is C26H21FN6O5. The van der Waals surface area contributed by atoms with Gasteiger partial charge in [0, 0.05) is 6.07 Å². The molecule has 0 saturated carbocycles. The standard InChI is InChI=1S/C26H21FN6O5/c1-3-38-26(36)18-14-29-33(25(18)35)17-9-10-20(19(27)13-17)31-15-22(37-2)24(34)23(30-31)21-11-12-28-32(21)16-7-5-4-6-8-16/h4-15,35H,3H2,1-2H3. The maximum absolute atomic E-state index is 15.4. The first-order chi connectivity index (χ1) is 18.4. The fourth-order valence-electron chi connectivity index (χ4n) is 3.86. The van der Waals surface area contributed by atoms with E-state index in [1.807, 2.05) is 30.3 Å². The summed E-state index contributed by atoms with van der Waals surface area (Å²) in [5.41, 5.74) is 0.594. The first-order valence-corrected chi connectivity index (χ1v) is 11.4. The van der Waals surface area contributed by atoms with Crippen molar-refractivity contribution in [2.75, 3.05) is 13.7 Å². The van der Waals surface area contributed by atoms with E-state index in [0.717, 1.165) is 16.9 Å². The van der Waals surface area contributed by atoms with Crippen molar-refractivity contribution in [1.29, 1.82) is 0 Å². The molecule has 0 radical (unpaired) electrons. The molecule has 0 spiro atoms. The van der Waals surface area contributed by atoms with Crippen LogP contribution in [0.2, 0.25) is 0 Å². The second-order valence-electron chi connectivity index (χ2n) is 7.93. The molecule has 0 aliphatic carbocycles. The molecule has 5 aromatic rings. The Morgan fingerprint density at radius 2 is 1.84 bits per heavy atom. The Bertz CT molecular complexity index is 1690. The number of aromatic hydroxyl groups is 1. The number of halogens is 1. The average molecular weight is 516 g/mol. The number of aromatic nitrogens is 6. The monoisotopic (exact) mass is 516 g/mol. The number of esters is 1. The van der Waals surface area contributed by atoms with Crippen molar-refractivity contribution in [3.63, 3.8) is 0 Å². The summed E-state index contributed by atoms with van der Waals surface area (Å²) < 4.78 is 29.3. The van der Waals surface area contributed by atoms with E-state index in [0.29, 0.717) is 11.4 Å². The fraction of sp³-hybridized carbons (Fsp3) is 0.115. The number of para-hydroxylation sites is 1. The van der Waals surface area contributed by atoms with Crippen molar-refractivity contribution >= 4 is 5.97 Å². The number of rotatable bonds is 7. The first-order valence-electron chi connectivity index (χ1n) is 11.4. The first kappa shape index (κ1) is 24.4. The van der Waals surface area contributed by atoms with Gasteiger partial charge < -0.3 is 14.6 Å². The van der Waals surface area contributed by atoms with E-state index in [1.165, 1.54) is 36.3 Å². The third kappa shape index (κ3) is 4.28. The molecule has 38 heavy (non-hydrogen) atoms. The maximum Gasteiger partial charge on any atom is 0.345 e. The molecule has 1 N–H and O–H groups in total. The normalized spacial score (nSPS) is 10.9. The zero-order valence-electron chi connectivity index (χ0n) is 20.3. The molecule has 0 bridgehead atoms. The molecular weight excluding hydrogens is 495 g/mol. The number of methoxy groups -OCH3 is 1. The molecule has 3 heterocycles. The number of carbonyl (C=O) groups excluding carboxylic acids is 1. The van der Waals surface area contributed by atoms with Crippen molar-refractivity contribution in [3.05, 3.63) is 94.8 Å². The summed E-state index contributed by atoms with van der Waals surface area (Å²) in [7, 11) is 1.33. The lowest BCUT2D eigenvalue weighted by Crippen LogP contribution is -2.18. The molecule has 0 fully saturated rings. The van der Waals surface area contributed by atoms with Gasteiger partial charge in [0.1, 0.15) is 11.3 Å². The van der Waals surface area contributed by atoms with E-state index in [2.05, 4.69) is 15.3 Å². The lowest BCUT2D eigenvalue weighted by atomic mass is 10.2. The van der Waals surface area contributed by atoms with Crippen LogP contribution in [0.15, 0.2) is 78.0 Å². The number of nitrogens with zero attached hydrogens (tertiary/aromatic N) is 6. The Kier molecular flexibility index (Phi) is 6.44. The smallest absolute Gasteiger partial charge is 0.345 e. The summed E-state index contributed by atoms with van der Waals surface area (Å²) in [5, 5.41) is 23.1. The summed E-state index contributed by atoms with van der Waals surface area (Å²) in [4.78, 5) is 25.1. The van der Waals surface area contributed by atoms with E-state index in [1.54, 1.807) is 17.7 Å². The van der Waals surface area contributed by atoms with Crippen molar-refractivity contribution in [3.8, 4) is 40.1 Å². The predicted molar refractivity (Wildman–Crippen MR) is 134 cm³/mol. The lowest BCUT2D eigenvalue weighted by Gasteiger charge is -2.13. The Morgan fingerprint density at radius 3 is 2.55 bits per heavy atom. The van der Waals surface area contributed by atoms with Gasteiger partial charge in [-0.05, 0) is 37.3 Å². The largest absolute Gasteiger partial charge is 0.493 e. The average Bonchev–Trinajstić information content (AvgIpc) is 3.56. The molecule has 5 rings (SSSR count). The summed E-state index contributed by atoms with van der Waals surface area (Å²) in [5.74, 6) is -2.03. The quantitative estimate of drug-likeness (QED) is 0.327. The fourth-order valence-corrected chi connectivity index (χ4v) is 3.86. The molecule has 0 saturated heterocycles. The van der Waals surface area contributed by atoms with Gasteiger partial charge >= 0.3 is 5.97 Å². The van der Waals surface area contributed by atoms with Crippen LogP contribution >= 0.6 is 0 Å². The number of ether oxygens (including phenoxy) is 2. The zero-order chi connectivity index (χ0) is 26.8. The van der Waals surface area contributed by atoms with Crippen molar-refractivity contribution in [2.45, 2.75) is 6.92 Å². The molecule has 192 valence electrons. The molecule has 0 aliphatic heterocycles. The van der Waals surface area contributed by atoms with Gasteiger partial charge in [-0.15, -0.1) is 0 Å². The maximum atomic E-state index is 15.4. The van der Waals surface area contributed by atoms with Gasteiger partial charge in [0.15, 0.2) is 17.3 Å². The minimum Gasteiger partial charge on any atom is -0.493 e. The topological polar surface area (TPSA) is 126 Å². The molecule has 0 atom stereocenters. The van der Waals surface area contributed by atoms with Gasteiger partial charge in [0.05, 0.1) is 49.4 Å². The molecule has 2 aromatic carbocycles. The predicted octanol–water partition coefficient (Wildman–Crippen LogP) is 3.30. The SMILES string of the molecule is CCOC(=O)c1cnn(-c2ccc(-n3cc(OC)c(=O)c(-c4ccnn4-c4ccccc4)n3)c(F)c2)c1O. The number of carbonyl (C=O) groups is 1. The second kappa shape index (κ2) is 10.0. The van der Waals surface area contributed by atoms with Gasteiger partial charge in [-0.25, -0.2) is 23.2 Å². The Hall–Kier alpha value is -5.26. The Balaban J connectivity index is 1.58. The van der Waals surface area contributed by atoms with Crippen LogP contribution in [0, 0.1) is 5.82 Å². The molecule has 0 aliphatic rings. The molecule has 0 unspecified atom stereocenters. The highest BCUT2D eigenvalue weighted by molar-refractivity contribution is 5.91. The third-order valence-electron chi connectivity index (χ3n) is 5.65. The number of hydrogen-bond donors (Lipinski definition) is 1. The van der Waals surface area contributed by atoms with Crippen LogP contribution in [0.4, 0.5) is 4.39 Å². The van der Waals surface area contributed by atoms with Gasteiger partial charge in [0.2, 0.25) is 5.88 Å². The Labute approximate surface area is 214 Å². The van der Waals surface area contributed by atoms with Crippen LogP contribution in [0.1, 0.15) is 17.3 Å². The van der Waals surface area contributed by atoms with Gasteiger partial charge in [-0.2, -0.15) is 15.3 Å². The number of benzene rings is 2. The van der Waals surface area contributed by atoms with Crippen LogP contribution in [0.3, 0.4) is 0 Å². The summed E-state index contributed by atoms with van der Waals surface area (Å²) in [6, 6.07) is 14.8. The molecule has 3 aromatic heterocycles. The van der Waals surface area contributed by atoms with Crippen molar-refractivity contribution in [1.82, 2.24) is 29.3 Å². The second-order valence-corrected chi connectivity index (χ2v) is 7.93. The van der Waals surface area contributed by atoms with Crippen molar-refractivity contribution in [2.24, 2.45) is 0 Å². The summed E-state index contributed by atoms with van der Waals surface area (Å²) >= 11 is 0. The van der Waals surface area contributed by atoms with Gasteiger partial charge in [-0.3, -0.25) is 4.79 Å². The van der Waals surface area contributed by atoms with Crippen LogP contribution in [-0.4, -0.2) is 54.1 Å². The van der Waals surface area contributed by atoms with Gasteiger partial charge in [-0.1, -0.05) is 18.2 Å². The van der Waals surface area contributed by atoms with Crippen molar-refractivity contribution < 1.29 is 23.8 Å². The van der Waals surface area contributed by atoms with Crippen LogP contribution in [-0.2, 0) is 4.74 Å². The van der Waals surface area contributed by atoms with E-state index in [9.17, 15) is 14.7 Å². The Morgan fingerprint density at radius 1 is 1.05 bits per heavy atom. The highest BCUT2D eigenvalue weighted by Crippen LogP contribution is 2.26. The molecule has 12 heteroatoms. The molecule has 0 amide bonds. The minimum absolute atomic E-state index is 0.00187. The molecule has 11 nitrogen and oxygen atoms in total. The van der Waals surface area contributed by atoms with E-state index < -0.39 is 23.1 Å². The minimum atomic E-state index is -0.750. The van der Waals surface area contributed by atoms with Crippen LogP contribution in [0.25, 0.3) is 28.5 Å². The highest BCUT2D eigenvalue weighted by Gasteiger charge is 2.21. The number of hydrogen-bond acceptors (Lipinski definition) is 8. The van der Waals surface area contributed by atoms with E-state index in [-0.39, 0.29) is 35.0 Å². The lowest BCUT2D eigenvalue weighted by molar-refractivity contribution is 0.0523. The van der Waals surface area contributed by atoms with Crippen LogP contribution in [0.5, 0.6) is 11.6 Å². The van der Waals surface area contributed by atoms with E-state index >= 15 is 4.39 Å². The highest BCUT2D eigenvalue weighted by atomic mass is 19.1. The summed E-state index contributed by atoms with van der Waals surface area (Å²) in [6.45, 7) is 1.76. The zero-order valence-corrected chi connectivity index (χ0v) is 20.3. The van der Waals surface area contributed by atoms with Gasteiger partial charge in [0.25, 0.3) is 5.43 Å².